The SMILES string of the molecule is CCOc1nc(NCCc2ccc(F)cc2C)ccc1N. The minimum atomic E-state index is -0.203. The van der Waals surface area contributed by atoms with E-state index in [1.807, 2.05) is 26.0 Å². The zero-order valence-electron chi connectivity index (χ0n) is 12.3. The van der Waals surface area contributed by atoms with Gasteiger partial charge in [0, 0.05) is 6.54 Å². The average Bonchev–Trinajstić information content (AvgIpc) is 2.45. The summed E-state index contributed by atoms with van der Waals surface area (Å²) in [7, 11) is 0. The van der Waals surface area contributed by atoms with Gasteiger partial charge in [0.1, 0.15) is 11.6 Å². The second-order valence-corrected chi connectivity index (χ2v) is 4.77. The third kappa shape index (κ3) is 4.08. The molecule has 0 radical (unpaired) electrons. The summed E-state index contributed by atoms with van der Waals surface area (Å²) in [4.78, 5) is 4.31. The molecule has 0 unspecified atom stereocenters. The van der Waals surface area contributed by atoms with Crippen LogP contribution in [-0.2, 0) is 6.42 Å². The molecule has 5 heteroatoms. The Morgan fingerprint density at radius 2 is 2.10 bits per heavy atom. The highest BCUT2D eigenvalue weighted by Crippen LogP contribution is 2.20. The molecule has 0 amide bonds. The van der Waals surface area contributed by atoms with Gasteiger partial charge in [-0.25, -0.2) is 4.39 Å². The van der Waals surface area contributed by atoms with Gasteiger partial charge < -0.3 is 15.8 Å². The van der Waals surface area contributed by atoms with Crippen LogP contribution in [0.25, 0.3) is 0 Å². The van der Waals surface area contributed by atoms with Crippen LogP contribution in [0.3, 0.4) is 0 Å². The van der Waals surface area contributed by atoms with E-state index in [1.165, 1.54) is 6.07 Å². The van der Waals surface area contributed by atoms with Crippen molar-refractivity contribution in [2.75, 3.05) is 24.2 Å². The number of ether oxygens (including phenoxy) is 1. The summed E-state index contributed by atoms with van der Waals surface area (Å²) in [6.07, 6.45) is 0.794. The predicted octanol–water partition coefficient (Wildman–Crippen LogP) is 3.16. The molecule has 0 saturated carbocycles. The van der Waals surface area contributed by atoms with Crippen molar-refractivity contribution in [1.29, 1.82) is 0 Å². The van der Waals surface area contributed by atoms with Crippen molar-refractivity contribution in [2.45, 2.75) is 20.3 Å². The van der Waals surface area contributed by atoms with Crippen molar-refractivity contribution >= 4 is 11.5 Å². The van der Waals surface area contributed by atoms with E-state index in [-0.39, 0.29) is 5.82 Å². The van der Waals surface area contributed by atoms with Crippen LogP contribution in [-0.4, -0.2) is 18.1 Å². The molecule has 0 aliphatic carbocycles. The van der Waals surface area contributed by atoms with Crippen molar-refractivity contribution in [3.8, 4) is 5.88 Å². The molecule has 1 aromatic heterocycles. The fourth-order valence-corrected chi connectivity index (χ4v) is 2.07. The fourth-order valence-electron chi connectivity index (χ4n) is 2.07. The van der Waals surface area contributed by atoms with E-state index in [1.54, 1.807) is 12.1 Å². The number of anilines is 2. The highest BCUT2D eigenvalue weighted by atomic mass is 19.1. The molecule has 0 aliphatic heterocycles. The van der Waals surface area contributed by atoms with Crippen molar-refractivity contribution in [2.24, 2.45) is 0 Å². The first kappa shape index (κ1) is 15.1. The van der Waals surface area contributed by atoms with Gasteiger partial charge in [-0.1, -0.05) is 6.07 Å². The Balaban J connectivity index is 1.95. The zero-order valence-corrected chi connectivity index (χ0v) is 12.3. The molecule has 0 atom stereocenters. The number of rotatable bonds is 6. The number of aryl methyl sites for hydroxylation is 1. The van der Waals surface area contributed by atoms with E-state index >= 15 is 0 Å². The molecule has 0 saturated heterocycles. The van der Waals surface area contributed by atoms with Gasteiger partial charge in [0.05, 0.1) is 12.3 Å². The molecule has 1 heterocycles. The normalized spacial score (nSPS) is 10.4. The molecule has 0 spiro atoms. The molecule has 112 valence electrons. The molecule has 0 fully saturated rings. The van der Waals surface area contributed by atoms with Gasteiger partial charge in [0.25, 0.3) is 0 Å². The van der Waals surface area contributed by atoms with E-state index in [0.717, 1.165) is 17.5 Å². The molecule has 2 aromatic rings. The molecule has 0 aliphatic rings. The molecular weight excluding hydrogens is 269 g/mol. The summed E-state index contributed by atoms with van der Waals surface area (Å²) in [6, 6.07) is 8.42. The number of hydrogen-bond donors (Lipinski definition) is 2. The topological polar surface area (TPSA) is 60.2 Å². The molecule has 1 aromatic carbocycles. The number of pyridine rings is 1. The Morgan fingerprint density at radius 1 is 1.29 bits per heavy atom. The van der Waals surface area contributed by atoms with Gasteiger partial charge in [0.2, 0.25) is 5.88 Å². The monoisotopic (exact) mass is 289 g/mol. The number of aromatic nitrogens is 1. The van der Waals surface area contributed by atoms with E-state index in [2.05, 4.69) is 10.3 Å². The van der Waals surface area contributed by atoms with Crippen LogP contribution < -0.4 is 15.8 Å². The fraction of sp³-hybridized carbons (Fsp3) is 0.312. The maximum atomic E-state index is 13.0. The van der Waals surface area contributed by atoms with Gasteiger partial charge in [-0.05, 0) is 55.7 Å². The van der Waals surface area contributed by atoms with Crippen LogP contribution in [0.4, 0.5) is 15.9 Å². The predicted molar refractivity (Wildman–Crippen MR) is 83.1 cm³/mol. The van der Waals surface area contributed by atoms with Crippen LogP contribution >= 0.6 is 0 Å². The standard InChI is InChI=1S/C16H20FN3O/c1-3-21-16-14(18)6-7-15(20-16)19-9-8-12-4-5-13(17)10-11(12)2/h4-7,10H,3,8-9,18H2,1-2H3,(H,19,20). The zero-order chi connectivity index (χ0) is 15.2. The Morgan fingerprint density at radius 3 is 2.81 bits per heavy atom. The van der Waals surface area contributed by atoms with Crippen molar-refractivity contribution in [3.63, 3.8) is 0 Å². The largest absolute Gasteiger partial charge is 0.476 e. The number of halogens is 1. The minimum absolute atomic E-state index is 0.203. The van der Waals surface area contributed by atoms with Crippen LogP contribution in [0.1, 0.15) is 18.1 Å². The number of hydrogen-bond acceptors (Lipinski definition) is 4. The number of nitrogens with one attached hydrogen (secondary N) is 1. The van der Waals surface area contributed by atoms with Gasteiger partial charge in [0.15, 0.2) is 0 Å². The molecular formula is C16H20FN3O. The van der Waals surface area contributed by atoms with Gasteiger partial charge >= 0.3 is 0 Å². The van der Waals surface area contributed by atoms with E-state index < -0.39 is 0 Å². The maximum absolute atomic E-state index is 13.0. The lowest BCUT2D eigenvalue weighted by atomic mass is 10.1. The van der Waals surface area contributed by atoms with Crippen molar-refractivity contribution in [1.82, 2.24) is 4.98 Å². The Labute approximate surface area is 124 Å². The summed E-state index contributed by atoms with van der Waals surface area (Å²) in [6.45, 7) is 5.02. The summed E-state index contributed by atoms with van der Waals surface area (Å²) in [5.41, 5.74) is 8.37. The lowest BCUT2D eigenvalue weighted by Crippen LogP contribution is -2.08. The van der Waals surface area contributed by atoms with Crippen LogP contribution in [0, 0.1) is 12.7 Å². The third-order valence-corrected chi connectivity index (χ3v) is 3.18. The summed E-state index contributed by atoms with van der Waals surface area (Å²) < 4.78 is 18.4. The average molecular weight is 289 g/mol. The second-order valence-electron chi connectivity index (χ2n) is 4.77. The van der Waals surface area contributed by atoms with Gasteiger partial charge in [-0.3, -0.25) is 0 Å². The third-order valence-electron chi connectivity index (χ3n) is 3.18. The highest BCUT2D eigenvalue weighted by molar-refractivity contribution is 5.53. The quantitative estimate of drug-likeness (QED) is 0.857. The second kappa shape index (κ2) is 6.92. The summed E-state index contributed by atoms with van der Waals surface area (Å²) in [5.74, 6) is 0.957. The van der Waals surface area contributed by atoms with E-state index in [4.69, 9.17) is 10.5 Å². The highest BCUT2D eigenvalue weighted by Gasteiger charge is 2.04. The molecule has 2 rings (SSSR count). The summed E-state index contributed by atoms with van der Waals surface area (Å²) in [5, 5.41) is 3.22. The Kier molecular flexibility index (Phi) is 4.98. The first-order valence-corrected chi connectivity index (χ1v) is 6.98. The van der Waals surface area contributed by atoms with E-state index in [0.29, 0.717) is 30.5 Å². The van der Waals surface area contributed by atoms with Crippen molar-refractivity contribution < 1.29 is 9.13 Å². The van der Waals surface area contributed by atoms with E-state index in [9.17, 15) is 4.39 Å². The van der Waals surface area contributed by atoms with Crippen LogP contribution in [0.15, 0.2) is 30.3 Å². The Bertz CT molecular complexity index is 616. The first-order valence-electron chi connectivity index (χ1n) is 6.98. The molecule has 0 bridgehead atoms. The number of nitrogens with zero attached hydrogens (tertiary/aromatic N) is 1. The molecule has 21 heavy (non-hydrogen) atoms. The smallest absolute Gasteiger partial charge is 0.239 e. The number of nitrogens with two attached hydrogens (primary N) is 1. The minimum Gasteiger partial charge on any atom is -0.476 e. The molecule has 4 nitrogen and oxygen atoms in total. The van der Waals surface area contributed by atoms with Gasteiger partial charge in [-0.15, -0.1) is 0 Å². The summed E-state index contributed by atoms with van der Waals surface area (Å²) >= 11 is 0. The number of nitrogen functional groups attached to an aromatic ring is 1. The number of benzene rings is 1. The van der Waals surface area contributed by atoms with Crippen LogP contribution in [0.5, 0.6) is 5.88 Å². The van der Waals surface area contributed by atoms with Crippen LogP contribution in [0.2, 0.25) is 0 Å². The Hall–Kier alpha value is -2.30. The molecule has 3 N–H and O–H groups in total. The van der Waals surface area contributed by atoms with Crippen molar-refractivity contribution in [3.05, 3.63) is 47.3 Å². The first-order chi connectivity index (χ1) is 10.1. The lowest BCUT2D eigenvalue weighted by Gasteiger charge is -2.10. The van der Waals surface area contributed by atoms with Gasteiger partial charge in [-0.2, -0.15) is 4.98 Å². The maximum Gasteiger partial charge on any atom is 0.239 e. The lowest BCUT2D eigenvalue weighted by molar-refractivity contribution is 0.329.